The molecule has 4 heteroatoms. The maximum atomic E-state index is 13.1. The zero-order chi connectivity index (χ0) is 19.3. The Balaban J connectivity index is 1.33. The van der Waals surface area contributed by atoms with E-state index in [2.05, 4.69) is 52.3 Å². The average molecular weight is 378 g/mol. The minimum absolute atomic E-state index is 0.179. The molecule has 3 aromatic carbocycles. The van der Waals surface area contributed by atoms with E-state index in [1.807, 2.05) is 12.1 Å². The molecule has 0 saturated carbocycles. The van der Waals surface area contributed by atoms with E-state index < -0.39 is 0 Å². The third-order valence-corrected chi connectivity index (χ3v) is 5.64. The minimum Gasteiger partial charge on any atom is -0.380 e. The van der Waals surface area contributed by atoms with Gasteiger partial charge in [-0.15, -0.1) is 0 Å². The number of benzene rings is 3. The van der Waals surface area contributed by atoms with Gasteiger partial charge in [-0.2, -0.15) is 0 Å². The van der Waals surface area contributed by atoms with Crippen molar-refractivity contribution in [1.82, 2.24) is 4.90 Å². The molecule has 1 unspecified atom stereocenters. The van der Waals surface area contributed by atoms with Crippen molar-refractivity contribution in [2.45, 2.75) is 12.5 Å². The molecule has 146 valence electrons. The van der Waals surface area contributed by atoms with Crippen molar-refractivity contribution in [3.8, 4) is 0 Å². The first-order chi connectivity index (χ1) is 13.7. The average Bonchev–Trinajstić information content (AvgIpc) is 2.74. The van der Waals surface area contributed by atoms with Crippen LogP contribution in [0.3, 0.4) is 0 Å². The zero-order valence-corrected chi connectivity index (χ0v) is 16.4. The summed E-state index contributed by atoms with van der Waals surface area (Å²) in [5.74, 6) is -0.181. The SMILES string of the molecule is COC(Cc1ccc2ccccc2c1)CN1CCN(c2ccc(F)cc2)CC1. The maximum Gasteiger partial charge on any atom is 0.123 e. The minimum atomic E-state index is -0.181. The lowest BCUT2D eigenvalue weighted by Gasteiger charge is -2.37. The highest BCUT2D eigenvalue weighted by atomic mass is 19.1. The summed E-state index contributed by atoms with van der Waals surface area (Å²) >= 11 is 0. The number of methoxy groups -OCH3 is 1. The highest BCUT2D eigenvalue weighted by Gasteiger charge is 2.20. The Morgan fingerprint density at radius 2 is 1.61 bits per heavy atom. The summed E-state index contributed by atoms with van der Waals surface area (Å²) in [5.41, 5.74) is 2.41. The molecule has 28 heavy (non-hydrogen) atoms. The lowest BCUT2D eigenvalue weighted by molar-refractivity contribution is 0.0623. The van der Waals surface area contributed by atoms with E-state index in [4.69, 9.17) is 4.74 Å². The number of anilines is 1. The molecule has 1 saturated heterocycles. The normalized spacial score (nSPS) is 16.4. The fraction of sp³-hybridized carbons (Fsp3) is 0.333. The van der Waals surface area contributed by atoms with Gasteiger partial charge in [-0.25, -0.2) is 4.39 Å². The molecule has 1 atom stereocenters. The van der Waals surface area contributed by atoms with Gasteiger partial charge >= 0.3 is 0 Å². The van der Waals surface area contributed by atoms with Crippen LogP contribution in [0.1, 0.15) is 5.56 Å². The lowest BCUT2D eigenvalue weighted by Crippen LogP contribution is -2.49. The van der Waals surface area contributed by atoms with Gasteiger partial charge in [-0.1, -0.05) is 42.5 Å². The molecule has 0 amide bonds. The highest BCUT2D eigenvalue weighted by Crippen LogP contribution is 2.19. The summed E-state index contributed by atoms with van der Waals surface area (Å²) in [7, 11) is 1.81. The van der Waals surface area contributed by atoms with Crippen molar-refractivity contribution in [2.24, 2.45) is 0 Å². The van der Waals surface area contributed by atoms with Gasteiger partial charge in [0.05, 0.1) is 6.10 Å². The third-order valence-electron chi connectivity index (χ3n) is 5.64. The van der Waals surface area contributed by atoms with E-state index in [1.165, 1.54) is 28.5 Å². The molecule has 0 spiro atoms. The number of piperazine rings is 1. The van der Waals surface area contributed by atoms with Crippen LogP contribution < -0.4 is 4.90 Å². The summed E-state index contributed by atoms with van der Waals surface area (Å²) < 4.78 is 18.9. The molecule has 0 bridgehead atoms. The topological polar surface area (TPSA) is 15.7 Å². The molecule has 4 rings (SSSR count). The van der Waals surface area contributed by atoms with Gasteiger partial charge in [0.15, 0.2) is 0 Å². The van der Waals surface area contributed by atoms with Crippen LogP contribution in [0.15, 0.2) is 66.7 Å². The van der Waals surface area contributed by atoms with Crippen molar-refractivity contribution in [1.29, 1.82) is 0 Å². The lowest BCUT2D eigenvalue weighted by atomic mass is 10.0. The smallest absolute Gasteiger partial charge is 0.123 e. The number of ether oxygens (including phenoxy) is 1. The van der Waals surface area contributed by atoms with Crippen LogP contribution in [0, 0.1) is 5.82 Å². The number of hydrogen-bond acceptors (Lipinski definition) is 3. The summed E-state index contributed by atoms with van der Waals surface area (Å²) in [6.45, 7) is 4.83. The van der Waals surface area contributed by atoms with Gasteiger partial charge in [0.2, 0.25) is 0 Å². The van der Waals surface area contributed by atoms with Gasteiger partial charge in [0, 0.05) is 45.5 Å². The van der Waals surface area contributed by atoms with E-state index in [-0.39, 0.29) is 11.9 Å². The van der Waals surface area contributed by atoms with E-state index >= 15 is 0 Å². The fourth-order valence-electron chi connectivity index (χ4n) is 3.98. The van der Waals surface area contributed by atoms with Crippen LogP contribution >= 0.6 is 0 Å². The van der Waals surface area contributed by atoms with E-state index in [9.17, 15) is 4.39 Å². The Bertz CT molecular complexity index is 904. The summed E-state index contributed by atoms with van der Waals surface area (Å²) in [5, 5.41) is 2.56. The van der Waals surface area contributed by atoms with Gasteiger partial charge < -0.3 is 9.64 Å². The quantitative estimate of drug-likeness (QED) is 0.634. The summed E-state index contributed by atoms with van der Waals surface area (Å²) in [6.07, 6.45) is 1.10. The van der Waals surface area contributed by atoms with Crippen LogP contribution in [0.25, 0.3) is 10.8 Å². The second-order valence-electron chi connectivity index (χ2n) is 7.51. The van der Waals surface area contributed by atoms with E-state index in [1.54, 1.807) is 7.11 Å². The first-order valence-electron chi connectivity index (χ1n) is 9.94. The van der Waals surface area contributed by atoms with Crippen LogP contribution in [-0.4, -0.2) is 50.8 Å². The second kappa shape index (κ2) is 8.72. The predicted octanol–water partition coefficient (Wildman–Crippen LogP) is 4.36. The largest absolute Gasteiger partial charge is 0.380 e. The molecular weight excluding hydrogens is 351 g/mol. The van der Waals surface area contributed by atoms with Gasteiger partial charge in [0.25, 0.3) is 0 Å². The Morgan fingerprint density at radius 1 is 0.893 bits per heavy atom. The number of rotatable bonds is 6. The van der Waals surface area contributed by atoms with Crippen molar-refractivity contribution in [3.63, 3.8) is 0 Å². The molecule has 0 aliphatic carbocycles. The monoisotopic (exact) mass is 378 g/mol. The zero-order valence-electron chi connectivity index (χ0n) is 16.4. The Kier molecular flexibility index (Phi) is 5.89. The van der Waals surface area contributed by atoms with Gasteiger partial charge in [0.1, 0.15) is 5.82 Å². The van der Waals surface area contributed by atoms with Crippen molar-refractivity contribution < 1.29 is 9.13 Å². The Morgan fingerprint density at radius 3 is 2.32 bits per heavy atom. The van der Waals surface area contributed by atoms with E-state index in [0.717, 1.165) is 44.8 Å². The number of fused-ring (bicyclic) bond motifs is 1. The van der Waals surface area contributed by atoms with Crippen LogP contribution in [-0.2, 0) is 11.2 Å². The Hall–Kier alpha value is -2.43. The van der Waals surface area contributed by atoms with Crippen molar-refractivity contribution in [3.05, 3.63) is 78.1 Å². The maximum absolute atomic E-state index is 13.1. The highest BCUT2D eigenvalue weighted by molar-refractivity contribution is 5.83. The van der Waals surface area contributed by atoms with Crippen LogP contribution in [0.4, 0.5) is 10.1 Å². The van der Waals surface area contributed by atoms with Crippen LogP contribution in [0.5, 0.6) is 0 Å². The second-order valence-corrected chi connectivity index (χ2v) is 7.51. The standard InChI is InChI=1S/C24H27FN2O/c1-28-24(17-19-6-7-20-4-2-3-5-21(20)16-19)18-26-12-14-27(15-13-26)23-10-8-22(25)9-11-23/h2-11,16,24H,12-15,17-18H2,1H3. The molecule has 1 aliphatic heterocycles. The number of nitrogens with zero attached hydrogens (tertiary/aromatic N) is 2. The Labute approximate surface area is 166 Å². The molecule has 1 aliphatic rings. The molecule has 0 radical (unpaired) electrons. The first-order valence-corrected chi connectivity index (χ1v) is 9.94. The molecule has 3 nitrogen and oxygen atoms in total. The molecule has 0 aromatic heterocycles. The first kappa shape index (κ1) is 18.9. The number of halogens is 1. The third kappa shape index (κ3) is 4.51. The number of hydrogen-bond donors (Lipinski definition) is 0. The molecule has 1 fully saturated rings. The summed E-state index contributed by atoms with van der Waals surface area (Å²) in [6, 6.07) is 21.9. The molecule has 0 N–H and O–H groups in total. The molecular formula is C24H27FN2O. The van der Waals surface area contributed by atoms with Gasteiger partial charge in [-0.3, -0.25) is 4.90 Å². The van der Waals surface area contributed by atoms with Gasteiger partial charge in [-0.05, 0) is 47.0 Å². The fourth-order valence-corrected chi connectivity index (χ4v) is 3.98. The van der Waals surface area contributed by atoms with E-state index in [0.29, 0.717) is 0 Å². The molecule has 3 aromatic rings. The van der Waals surface area contributed by atoms with Crippen LogP contribution in [0.2, 0.25) is 0 Å². The summed E-state index contributed by atoms with van der Waals surface area (Å²) in [4.78, 5) is 4.79. The molecule has 1 heterocycles. The van der Waals surface area contributed by atoms with Crippen molar-refractivity contribution in [2.75, 3.05) is 44.7 Å². The predicted molar refractivity (Wildman–Crippen MR) is 114 cm³/mol. The van der Waals surface area contributed by atoms with Crippen molar-refractivity contribution >= 4 is 16.5 Å².